The van der Waals surface area contributed by atoms with Crippen molar-refractivity contribution < 1.29 is 25.6 Å². The number of nitrogens with one attached hydrogen (secondary N) is 4. The number of benzene rings is 4. The summed E-state index contributed by atoms with van der Waals surface area (Å²) in [5.74, 6) is 1.08. The maximum atomic E-state index is 13.1. The predicted octanol–water partition coefficient (Wildman–Crippen LogP) is 6.54. The van der Waals surface area contributed by atoms with Crippen molar-refractivity contribution in [1.29, 1.82) is 0 Å². The van der Waals surface area contributed by atoms with Gasteiger partial charge in [-0.2, -0.15) is 46.7 Å². The Balaban J connectivity index is 1.27. The van der Waals surface area contributed by atoms with E-state index in [4.69, 9.17) is 4.18 Å². The first-order chi connectivity index (χ1) is 25.8. The molecule has 0 spiro atoms. The highest BCUT2D eigenvalue weighted by atomic mass is 32.2. The second-order valence-electron chi connectivity index (χ2n) is 11.6. The van der Waals surface area contributed by atoms with Gasteiger partial charge in [-0.05, 0) is 79.1 Å². The van der Waals surface area contributed by atoms with E-state index in [9.17, 15) is 21.4 Å². The predicted molar refractivity (Wildman–Crippen MR) is 206 cm³/mol. The molecule has 2 heterocycles. The van der Waals surface area contributed by atoms with E-state index in [1.54, 1.807) is 38.1 Å². The summed E-state index contributed by atoms with van der Waals surface area (Å²) < 4.78 is 64.9. The largest absolute Gasteiger partial charge is 0.324 e. The Bertz CT molecular complexity index is 2540. The van der Waals surface area contributed by atoms with Gasteiger partial charge in [0.15, 0.2) is 0 Å². The number of hydrogen-bond acceptors (Lipinski definition) is 15. The number of rotatable bonds is 14. The van der Waals surface area contributed by atoms with Crippen molar-refractivity contribution in [3.8, 4) is 0 Å². The number of anilines is 8. The molecule has 0 amide bonds. The summed E-state index contributed by atoms with van der Waals surface area (Å²) in [5, 5.41) is 12.3. The van der Waals surface area contributed by atoms with Gasteiger partial charge in [-0.15, -0.1) is 0 Å². The maximum absolute atomic E-state index is 13.1. The van der Waals surface area contributed by atoms with E-state index in [1.807, 2.05) is 60.7 Å². The summed E-state index contributed by atoms with van der Waals surface area (Å²) in [6, 6.07) is 28.0. The normalized spacial score (nSPS) is 11.7. The van der Waals surface area contributed by atoms with Gasteiger partial charge in [-0.25, -0.2) is 0 Å². The van der Waals surface area contributed by atoms with Crippen LogP contribution in [0.1, 0.15) is 28.3 Å². The van der Waals surface area contributed by atoms with Gasteiger partial charge < -0.3 is 21.3 Å². The molecule has 4 aromatic carbocycles. The summed E-state index contributed by atoms with van der Waals surface area (Å²) in [7, 11) is -7.67. The van der Waals surface area contributed by atoms with Crippen LogP contribution in [0.25, 0.3) is 12.2 Å². The molecule has 0 saturated heterocycles. The average Bonchev–Trinajstić information content (AvgIpc) is 3.11. The first-order valence-corrected chi connectivity index (χ1v) is 19.2. The molecular weight excluding hydrogens is 733 g/mol. The molecule has 0 fully saturated rings. The molecule has 6 rings (SSSR count). The number of aryl methyl sites for hydroxylation is 2. The lowest BCUT2D eigenvalue weighted by Crippen LogP contribution is -2.08. The monoisotopic (exact) mass is 766 g/mol. The van der Waals surface area contributed by atoms with Crippen molar-refractivity contribution in [2.45, 2.75) is 24.5 Å². The fourth-order valence-corrected chi connectivity index (χ4v) is 6.67. The highest BCUT2D eigenvalue weighted by molar-refractivity contribution is 7.86. The van der Waals surface area contributed by atoms with Crippen LogP contribution in [0.15, 0.2) is 102 Å². The number of aromatic nitrogens is 6. The fraction of sp³-hybridized carbons (Fsp3) is 0.111. The third kappa shape index (κ3) is 10.2. The van der Waals surface area contributed by atoms with Gasteiger partial charge in [0.05, 0.1) is 7.11 Å². The first-order valence-electron chi connectivity index (χ1n) is 16.2. The van der Waals surface area contributed by atoms with Crippen molar-refractivity contribution in [2.24, 2.45) is 0 Å². The second kappa shape index (κ2) is 16.1. The molecule has 5 N–H and O–H groups in total. The van der Waals surface area contributed by atoms with Crippen LogP contribution in [0, 0.1) is 13.8 Å². The standard InChI is InChI=1S/C36H34N10O6S2/c1-23-37-33(41-28-10-6-4-7-11-28)45-35(39-23)43-30-18-16-25(27(20-30)22-53(47,48)49)14-15-26-17-19-31(21-32(26)54(50,51)52-3)44-36-40-24(2)38-34(46-36)42-29-12-8-5-9-13-29/h4-21H,22H2,1-3H3,(H,47,48,49)(H2,37,39,41,43,45)(H2,38,40,42,44,46)/b15-14+. The molecule has 0 atom stereocenters. The summed E-state index contributed by atoms with van der Waals surface area (Å²) in [4.78, 5) is 25.9. The Labute approximate surface area is 311 Å². The molecule has 0 radical (unpaired) electrons. The van der Waals surface area contributed by atoms with E-state index in [2.05, 4.69) is 51.2 Å². The van der Waals surface area contributed by atoms with Crippen LogP contribution in [0.2, 0.25) is 0 Å². The molecule has 2 aromatic heterocycles. The first kappa shape index (κ1) is 37.4. The van der Waals surface area contributed by atoms with Crippen molar-refractivity contribution >= 4 is 78.9 Å². The zero-order valence-electron chi connectivity index (χ0n) is 29.1. The lowest BCUT2D eigenvalue weighted by atomic mass is 10.1. The molecule has 18 heteroatoms. The Morgan fingerprint density at radius 3 is 1.46 bits per heavy atom. The minimum Gasteiger partial charge on any atom is -0.324 e. The van der Waals surface area contributed by atoms with Crippen LogP contribution in [0.3, 0.4) is 0 Å². The minimum atomic E-state index is -4.47. The third-order valence-corrected chi connectivity index (χ3v) is 9.50. The van der Waals surface area contributed by atoms with Crippen LogP contribution in [0.5, 0.6) is 0 Å². The summed E-state index contributed by atoms with van der Waals surface area (Å²) in [5.41, 5.74) is 3.15. The molecule has 0 unspecified atom stereocenters. The Morgan fingerprint density at radius 2 is 1.00 bits per heavy atom. The maximum Gasteiger partial charge on any atom is 0.297 e. The fourth-order valence-electron chi connectivity index (χ4n) is 5.15. The highest BCUT2D eigenvalue weighted by Gasteiger charge is 2.19. The van der Waals surface area contributed by atoms with Gasteiger partial charge in [-0.3, -0.25) is 8.74 Å². The third-order valence-electron chi connectivity index (χ3n) is 7.49. The van der Waals surface area contributed by atoms with Crippen molar-refractivity contribution in [3.05, 3.63) is 125 Å². The lowest BCUT2D eigenvalue weighted by Gasteiger charge is -2.13. The van der Waals surface area contributed by atoms with Gasteiger partial charge in [-0.1, -0.05) is 60.7 Å². The zero-order valence-corrected chi connectivity index (χ0v) is 30.7. The number of nitrogens with zero attached hydrogens (tertiary/aromatic N) is 6. The van der Waals surface area contributed by atoms with Gasteiger partial charge in [0.1, 0.15) is 22.3 Å². The van der Waals surface area contributed by atoms with Crippen LogP contribution < -0.4 is 21.3 Å². The van der Waals surface area contributed by atoms with Crippen LogP contribution in [-0.2, 0) is 30.2 Å². The molecule has 0 aliphatic rings. The van der Waals surface area contributed by atoms with Gasteiger partial charge in [0, 0.05) is 22.7 Å². The molecule has 16 nitrogen and oxygen atoms in total. The van der Waals surface area contributed by atoms with Crippen molar-refractivity contribution in [3.63, 3.8) is 0 Å². The summed E-state index contributed by atoms with van der Waals surface area (Å²) in [6.45, 7) is 3.40. The quantitative estimate of drug-likeness (QED) is 0.0451. The molecule has 276 valence electrons. The average molecular weight is 767 g/mol. The van der Waals surface area contributed by atoms with Crippen LogP contribution in [0.4, 0.5) is 46.5 Å². The van der Waals surface area contributed by atoms with Crippen LogP contribution in [-0.4, -0.2) is 58.4 Å². The topological polar surface area (TPSA) is 223 Å². The smallest absolute Gasteiger partial charge is 0.297 e. The lowest BCUT2D eigenvalue weighted by molar-refractivity contribution is 0.397. The molecule has 54 heavy (non-hydrogen) atoms. The SMILES string of the molecule is COS(=O)(=O)c1cc(Nc2nc(C)nc(Nc3ccccc3)n2)ccc1/C=C/c1ccc(Nc2nc(C)nc(Nc3ccccc3)n2)cc1CS(=O)(=O)O. The Morgan fingerprint density at radius 1 is 0.574 bits per heavy atom. The van der Waals surface area contributed by atoms with Gasteiger partial charge in [0.25, 0.3) is 20.2 Å². The second-order valence-corrected chi connectivity index (χ2v) is 14.8. The van der Waals surface area contributed by atoms with E-state index >= 15 is 0 Å². The van der Waals surface area contributed by atoms with E-state index in [-0.39, 0.29) is 33.9 Å². The summed E-state index contributed by atoms with van der Waals surface area (Å²) in [6.07, 6.45) is 3.03. The Hall–Kier alpha value is -6.34. The molecule has 0 aliphatic carbocycles. The van der Waals surface area contributed by atoms with E-state index in [0.29, 0.717) is 34.5 Å². The molecular formula is C36H34N10O6S2. The van der Waals surface area contributed by atoms with E-state index in [1.165, 1.54) is 24.3 Å². The van der Waals surface area contributed by atoms with Crippen molar-refractivity contribution in [2.75, 3.05) is 28.4 Å². The molecule has 0 saturated carbocycles. The number of hydrogen-bond donors (Lipinski definition) is 5. The Kier molecular flexibility index (Phi) is 11.2. The number of para-hydroxylation sites is 2. The molecule has 6 aromatic rings. The van der Waals surface area contributed by atoms with Crippen LogP contribution >= 0.6 is 0 Å². The zero-order chi connectivity index (χ0) is 38.3. The van der Waals surface area contributed by atoms with Gasteiger partial charge in [0.2, 0.25) is 23.8 Å². The van der Waals surface area contributed by atoms with Gasteiger partial charge >= 0.3 is 0 Å². The molecule has 0 aliphatic heterocycles. The molecule has 0 bridgehead atoms. The highest BCUT2D eigenvalue weighted by Crippen LogP contribution is 2.28. The van der Waals surface area contributed by atoms with E-state index < -0.39 is 26.0 Å². The minimum absolute atomic E-state index is 0.171. The van der Waals surface area contributed by atoms with E-state index in [0.717, 1.165) is 18.5 Å². The summed E-state index contributed by atoms with van der Waals surface area (Å²) >= 11 is 0. The van der Waals surface area contributed by atoms with Crippen molar-refractivity contribution in [1.82, 2.24) is 29.9 Å².